The van der Waals surface area contributed by atoms with E-state index in [0.717, 1.165) is 11.1 Å². The molecular formula is C13H13N3O3. The highest BCUT2D eigenvalue weighted by molar-refractivity contribution is 5.85. The van der Waals surface area contributed by atoms with Gasteiger partial charge in [0.1, 0.15) is 5.82 Å². The largest absolute Gasteiger partial charge is 0.476 e. The average Bonchev–Trinajstić information content (AvgIpc) is 2.46. The van der Waals surface area contributed by atoms with Gasteiger partial charge in [-0.1, -0.05) is 24.3 Å². The second-order valence-corrected chi connectivity index (χ2v) is 3.92. The summed E-state index contributed by atoms with van der Waals surface area (Å²) in [5, 5.41) is 20.7. The van der Waals surface area contributed by atoms with Crippen molar-refractivity contribution in [3.05, 3.63) is 53.5 Å². The van der Waals surface area contributed by atoms with Crippen LogP contribution in [0.2, 0.25) is 0 Å². The highest BCUT2D eigenvalue weighted by Crippen LogP contribution is 2.08. The quantitative estimate of drug-likeness (QED) is 0.748. The number of aliphatic hydroxyl groups excluding tert-OH is 1. The van der Waals surface area contributed by atoms with Gasteiger partial charge < -0.3 is 15.5 Å². The Bertz CT molecular complexity index is 570. The number of aromatic carboxylic acids is 1. The standard InChI is InChI=1S/C13H13N3O3/c17-8-10-3-1-9(2-4-10)5-15-12-7-14-6-11(16-12)13(18)19/h1-4,6-7,17H,5,8H2,(H,15,16)(H,18,19). The van der Waals surface area contributed by atoms with Crippen LogP contribution in [0.1, 0.15) is 21.6 Å². The number of carbonyl (C=O) groups is 1. The fourth-order valence-corrected chi connectivity index (χ4v) is 1.51. The van der Waals surface area contributed by atoms with Gasteiger partial charge in [-0.05, 0) is 11.1 Å². The number of anilines is 1. The first-order valence-corrected chi connectivity index (χ1v) is 5.67. The first-order valence-electron chi connectivity index (χ1n) is 5.67. The van der Waals surface area contributed by atoms with E-state index in [-0.39, 0.29) is 12.3 Å². The molecule has 0 atom stereocenters. The van der Waals surface area contributed by atoms with Crippen molar-refractivity contribution in [2.75, 3.05) is 5.32 Å². The third-order valence-corrected chi connectivity index (χ3v) is 2.53. The Labute approximate surface area is 109 Å². The number of benzene rings is 1. The molecule has 0 unspecified atom stereocenters. The summed E-state index contributed by atoms with van der Waals surface area (Å²) in [6.07, 6.45) is 2.66. The number of rotatable bonds is 5. The summed E-state index contributed by atoms with van der Waals surface area (Å²) in [6.45, 7) is 0.517. The van der Waals surface area contributed by atoms with E-state index in [9.17, 15) is 4.79 Å². The van der Waals surface area contributed by atoms with E-state index in [0.29, 0.717) is 12.4 Å². The van der Waals surface area contributed by atoms with Crippen LogP contribution in [0.4, 0.5) is 5.82 Å². The van der Waals surface area contributed by atoms with E-state index in [2.05, 4.69) is 15.3 Å². The Hall–Kier alpha value is -2.47. The maximum atomic E-state index is 10.7. The van der Waals surface area contributed by atoms with Gasteiger partial charge in [0, 0.05) is 6.54 Å². The molecule has 0 fully saturated rings. The number of hydrogen-bond acceptors (Lipinski definition) is 5. The number of carboxylic acids is 1. The Morgan fingerprint density at radius 1 is 1.16 bits per heavy atom. The van der Waals surface area contributed by atoms with E-state index in [4.69, 9.17) is 10.2 Å². The zero-order valence-electron chi connectivity index (χ0n) is 10.1. The van der Waals surface area contributed by atoms with E-state index >= 15 is 0 Å². The lowest BCUT2D eigenvalue weighted by molar-refractivity contribution is 0.0690. The van der Waals surface area contributed by atoms with Crippen LogP contribution in [0.3, 0.4) is 0 Å². The second kappa shape index (κ2) is 5.92. The van der Waals surface area contributed by atoms with Gasteiger partial charge >= 0.3 is 5.97 Å². The molecule has 6 nitrogen and oxygen atoms in total. The third-order valence-electron chi connectivity index (χ3n) is 2.53. The minimum absolute atomic E-state index is 0.0137. The third kappa shape index (κ3) is 3.49. The van der Waals surface area contributed by atoms with Gasteiger partial charge in [0.25, 0.3) is 0 Å². The lowest BCUT2D eigenvalue weighted by Crippen LogP contribution is -2.06. The molecule has 19 heavy (non-hydrogen) atoms. The van der Waals surface area contributed by atoms with E-state index in [1.54, 1.807) is 0 Å². The Kier molecular flexibility index (Phi) is 4.04. The molecule has 6 heteroatoms. The van der Waals surface area contributed by atoms with E-state index in [1.807, 2.05) is 24.3 Å². The van der Waals surface area contributed by atoms with Crippen molar-refractivity contribution in [3.63, 3.8) is 0 Å². The Morgan fingerprint density at radius 3 is 2.47 bits per heavy atom. The maximum absolute atomic E-state index is 10.7. The summed E-state index contributed by atoms with van der Waals surface area (Å²) in [5.74, 6) is -0.699. The number of aliphatic hydroxyl groups is 1. The molecule has 0 radical (unpaired) electrons. The summed E-state index contributed by atoms with van der Waals surface area (Å²) < 4.78 is 0. The molecule has 1 aromatic heterocycles. The van der Waals surface area contributed by atoms with Gasteiger partial charge in [-0.2, -0.15) is 0 Å². The molecule has 0 amide bonds. The van der Waals surface area contributed by atoms with E-state index < -0.39 is 5.97 Å². The van der Waals surface area contributed by atoms with Crippen molar-refractivity contribution in [1.29, 1.82) is 0 Å². The molecule has 2 aromatic rings. The summed E-state index contributed by atoms with van der Waals surface area (Å²) in [7, 11) is 0. The minimum Gasteiger partial charge on any atom is -0.476 e. The van der Waals surface area contributed by atoms with Crippen LogP contribution >= 0.6 is 0 Å². The topological polar surface area (TPSA) is 95.3 Å². The molecule has 0 bridgehead atoms. The summed E-state index contributed by atoms with van der Waals surface area (Å²) in [6, 6.07) is 7.42. The zero-order valence-corrected chi connectivity index (χ0v) is 10.1. The zero-order chi connectivity index (χ0) is 13.7. The van der Waals surface area contributed by atoms with Gasteiger partial charge in [-0.3, -0.25) is 4.98 Å². The highest BCUT2D eigenvalue weighted by atomic mass is 16.4. The number of aromatic nitrogens is 2. The van der Waals surface area contributed by atoms with Gasteiger partial charge in [0.2, 0.25) is 0 Å². The SMILES string of the molecule is O=C(O)c1cncc(NCc2ccc(CO)cc2)n1. The highest BCUT2D eigenvalue weighted by Gasteiger charge is 2.05. The fraction of sp³-hybridized carbons (Fsp3) is 0.154. The molecule has 0 saturated heterocycles. The smallest absolute Gasteiger partial charge is 0.356 e. The van der Waals surface area contributed by atoms with Crippen LogP contribution in [0.25, 0.3) is 0 Å². The summed E-state index contributed by atoms with van der Waals surface area (Å²) >= 11 is 0. The predicted octanol–water partition coefficient (Wildman–Crippen LogP) is 1.28. The molecule has 98 valence electrons. The Balaban J connectivity index is 2.01. The molecule has 0 aliphatic heterocycles. The van der Waals surface area contributed by atoms with Crippen LogP contribution in [0.5, 0.6) is 0 Å². The summed E-state index contributed by atoms with van der Waals surface area (Å²) in [4.78, 5) is 18.5. The molecule has 1 heterocycles. The number of carboxylic acid groups (broad SMARTS) is 1. The molecule has 3 N–H and O–H groups in total. The molecule has 1 aromatic carbocycles. The number of nitrogens with one attached hydrogen (secondary N) is 1. The molecular weight excluding hydrogens is 246 g/mol. The van der Waals surface area contributed by atoms with Crippen LogP contribution in [-0.4, -0.2) is 26.2 Å². The first kappa shape index (κ1) is 13.0. The fourth-order valence-electron chi connectivity index (χ4n) is 1.51. The van der Waals surface area contributed by atoms with Crippen LogP contribution in [0.15, 0.2) is 36.7 Å². The van der Waals surface area contributed by atoms with Crippen LogP contribution < -0.4 is 5.32 Å². The second-order valence-electron chi connectivity index (χ2n) is 3.92. The normalized spacial score (nSPS) is 10.2. The first-order chi connectivity index (χ1) is 9.19. The van der Waals surface area contributed by atoms with Crippen LogP contribution in [-0.2, 0) is 13.2 Å². The van der Waals surface area contributed by atoms with Gasteiger partial charge in [-0.15, -0.1) is 0 Å². The summed E-state index contributed by atoms with van der Waals surface area (Å²) in [5.41, 5.74) is 1.75. The molecule has 0 aliphatic rings. The van der Waals surface area contributed by atoms with Gasteiger partial charge in [0.15, 0.2) is 5.69 Å². The average molecular weight is 259 g/mol. The van der Waals surface area contributed by atoms with Gasteiger partial charge in [0.05, 0.1) is 19.0 Å². The maximum Gasteiger partial charge on any atom is 0.356 e. The van der Waals surface area contributed by atoms with Crippen molar-refractivity contribution in [2.45, 2.75) is 13.2 Å². The minimum atomic E-state index is -1.11. The lowest BCUT2D eigenvalue weighted by Gasteiger charge is -2.06. The molecule has 0 saturated carbocycles. The predicted molar refractivity (Wildman–Crippen MR) is 68.7 cm³/mol. The number of hydrogen-bond donors (Lipinski definition) is 3. The van der Waals surface area contributed by atoms with Crippen molar-refractivity contribution in [1.82, 2.24) is 9.97 Å². The van der Waals surface area contributed by atoms with Crippen molar-refractivity contribution in [2.24, 2.45) is 0 Å². The number of nitrogens with zero attached hydrogens (tertiary/aromatic N) is 2. The van der Waals surface area contributed by atoms with E-state index in [1.165, 1.54) is 12.4 Å². The molecule has 0 spiro atoms. The molecule has 0 aliphatic carbocycles. The molecule has 2 rings (SSSR count). The monoisotopic (exact) mass is 259 g/mol. The van der Waals surface area contributed by atoms with Crippen molar-refractivity contribution >= 4 is 11.8 Å². The van der Waals surface area contributed by atoms with Crippen molar-refractivity contribution in [3.8, 4) is 0 Å². The lowest BCUT2D eigenvalue weighted by atomic mass is 10.1. The Morgan fingerprint density at radius 2 is 1.84 bits per heavy atom. The van der Waals surface area contributed by atoms with Gasteiger partial charge in [-0.25, -0.2) is 9.78 Å². The van der Waals surface area contributed by atoms with Crippen LogP contribution in [0, 0.1) is 0 Å². The van der Waals surface area contributed by atoms with Crippen molar-refractivity contribution < 1.29 is 15.0 Å².